The molecule has 0 aliphatic carbocycles. The van der Waals surface area contributed by atoms with E-state index in [1.807, 2.05) is 24.7 Å². The van der Waals surface area contributed by atoms with Gasteiger partial charge < -0.3 is 4.74 Å². The Bertz CT molecular complexity index is 1050. The summed E-state index contributed by atoms with van der Waals surface area (Å²) in [5.74, 6) is -0.199. The Hall–Kier alpha value is -1.68. The molecule has 1 amide bonds. The maximum atomic E-state index is 12.8. The number of rotatable bonds is 5. The SMILES string of the molecule is COc1ccc(Cl)cc1C(=O)/N=c1\sn(C(C)(C)C)cc1C(C)OS(C)(=O)=O. The minimum absolute atomic E-state index is 0.216. The molecule has 2 rings (SSSR count). The fourth-order valence-corrected chi connectivity index (χ4v) is 4.24. The van der Waals surface area contributed by atoms with Gasteiger partial charge in [0.05, 0.1) is 18.9 Å². The van der Waals surface area contributed by atoms with E-state index in [4.69, 9.17) is 20.5 Å². The monoisotopic (exact) mass is 446 g/mol. The number of methoxy groups -OCH3 is 1. The molecule has 2 aromatic rings. The molecule has 0 fully saturated rings. The van der Waals surface area contributed by atoms with Gasteiger partial charge in [0.2, 0.25) is 0 Å². The predicted octanol–water partition coefficient (Wildman–Crippen LogP) is 3.74. The third-order valence-electron chi connectivity index (χ3n) is 3.70. The largest absolute Gasteiger partial charge is 0.496 e. The van der Waals surface area contributed by atoms with Gasteiger partial charge in [-0.05, 0) is 57.4 Å². The first-order chi connectivity index (χ1) is 12.8. The number of aromatic nitrogens is 1. The van der Waals surface area contributed by atoms with Crippen LogP contribution in [0.5, 0.6) is 5.75 Å². The van der Waals surface area contributed by atoms with Gasteiger partial charge in [0.25, 0.3) is 16.0 Å². The molecule has 0 saturated carbocycles. The van der Waals surface area contributed by atoms with Gasteiger partial charge in [0, 0.05) is 22.3 Å². The molecule has 1 aromatic carbocycles. The van der Waals surface area contributed by atoms with Crippen molar-refractivity contribution in [3.8, 4) is 5.75 Å². The van der Waals surface area contributed by atoms with Crippen molar-refractivity contribution in [3.63, 3.8) is 0 Å². The highest BCUT2D eigenvalue weighted by molar-refractivity contribution is 7.86. The Morgan fingerprint density at radius 1 is 1.32 bits per heavy atom. The molecule has 0 aliphatic heterocycles. The number of nitrogens with zero attached hydrogens (tertiary/aromatic N) is 2. The lowest BCUT2D eigenvalue weighted by molar-refractivity contribution is 0.0995. The number of benzene rings is 1. The zero-order valence-electron chi connectivity index (χ0n) is 16.5. The quantitative estimate of drug-likeness (QED) is 0.653. The number of ether oxygens (including phenoxy) is 1. The summed E-state index contributed by atoms with van der Waals surface area (Å²) in [7, 11) is -2.23. The van der Waals surface area contributed by atoms with Gasteiger partial charge in [0.1, 0.15) is 16.5 Å². The summed E-state index contributed by atoms with van der Waals surface area (Å²) >= 11 is 7.24. The highest BCUT2D eigenvalue weighted by Crippen LogP contribution is 2.25. The summed E-state index contributed by atoms with van der Waals surface area (Å²) in [6.07, 6.45) is 1.93. The van der Waals surface area contributed by atoms with Gasteiger partial charge in [0.15, 0.2) is 0 Å². The summed E-state index contributed by atoms with van der Waals surface area (Å²) in [5, 5.41) is 0.379. The third-order valence-corrected chi connectivity index (χ3v) is 5.92. The maximum absolute atomic E-state index is 12.8. The Balaban J connectivity index is 2.61. The van der Waals surface area contributed by atoms with Crippen LogP contribution in [0.1, 0.15) is 49.7 Å². The number of hydrogen-bond donors (Lipinski definition) is 0. The Labute approximate surface area is 173 Å². The number of carbonyl (C=O) groups is 1. The number of amides is 1. The van der Waals surface area contributed by atoms with Gasteiger partial charge in [-0.3, -0.25) is 12.9 Å². The Morgan fingerprint density at radius 3 is 2.50 bits per heavy atom. The minimum atomic E-state index is -3.68. The molecule has 10 heteroatoms. The molecular formula is C18H23ClN2O5S2. The normalized spacial score (nSPS) is 14.2. The predicted molar refractivity (Wildman–Crippen MR) is 110 cm³/mol. The van der Waals surface area contributed by atoms with E-state index in [1.54, 1.807) is 25.3 Å². The van der Waals surface area contributed by atoms with Crippen molar-refractivity contribution >= 4 is 39.2 Å². The van der Waals surface area contributed by atoms with E-state index in [-0.39, 0.29) is 11.1 Å². The lowest BCUT2D eigenvalue weighted by Crippen LogP contribution is -2.18. The van der Waals surface area contributed by atoms with Crippen LogP contribution in [0.15, 0.2) is 29.4 Å². The summed E-state index contributed by atoms with van der Waals surface area (Å²) in [4.78, 5) is 17.0. The van der Waals surface area contributed by atoms with Gasteiger partial charge in [-0.25, -0.2) is 0 Å². The third kappa shape index (κ3) is 5.66. The molecule has 1 heterocycles. The van der Waals surface area contributed by atoms with Crippen LogP contribution in [0.3, 0.4) is 0 Å². The van der Waals surface area contributed by atoms with Crippen molar-refractivity contribution in [2.45, 2.75) is 39.3 Å². The molecule has 154 valence electrons. The maximum Gasteiger partial charge on any atom is 0.282 e. The summed E-state index contributed by atoms with van der Waals surface area (Å²) in [5.41, 5.74) is 0.433. The van der Waals surface area contributed by atoms with Crippen LogP contribution in [0.2, 0.25) is 5.02 Å². The molecule has 0 aliphatic rings. The molecule has 0 radical (unpaired) electrons. The first kappa shape index (κ1) is 22.6. The molecule has 0 N–H and O–H groups in total. The number of hydrogen-bond acceptors (Lipinski definition) is 6. The number of carbonyl (C=O) groups excluding carboxylic acids is 1. The molecule has 1 atom stereocenters. The lowest BCUT2D eigenvalue weighted by Gasteiger charge is -2.19. The second kappa shape index (κ2) is 8.36. The van der Waals surface area contributed by atoms with E-state index in [0.29, 0.717) is 21.0 Å². The van der Waals surface area contributed by atoms with Crippen LogP contribution in [0.4, 0.5) is 0 Å². The lowest BCUT2D eigenvalue weighted by atomic mass is 10.1. The van der Waals surface area contributed by atoms with Crippen LogP contribution in [0.25, 0.3) is 0 Å². The van der Waals surface area contributed by atoms with E-state index in [0.717, 1.165) is 6.26 Å². The second-order valence-electron chi connectivity index (χ2n) is 7.18. The van der Waals surface area contributed by atoms with Crippen LogP contribution in [-0.2, 0) is 19.8 Å². The molecule has 0 saturated heterocycles. The summed E-state index contributed by atoms with van der Waals surface area (Å²) in [6.45, 7) is 7.56. The van der Waals surface area contributed by atoms with E-state index in [1.165, 1.54) is 24.7 Å². The average Bonchev–Trinajstić information content (AvgIpc) is 2.97. The molecule has 1 aromatic heterocycles. The zero-order chi connectivity index (χ0) is 21.3. The molecule has 0 spiro atoms. The Kier molecular flexibility index (Phi) is 6.75. The summed E-state index contributed by atoms with van der Waals surface area (Å²) in [6, 6.07) is 4.68. The van der Waals surface area contributed by atoms with Gasteiger partial charge in [-0.2, -0.15) is 13.4 Å². The first-order valence-corrected chi connectivity index (χ1v) is 11.3. The van der Waals surface area contributed by atoms with E-state index in [9.17, 15) is 13.2 Å². The molecule has 7 nitrogen and oxygen atoms in total. The minimum Gasteiger partial charge on any atom is -0.496 e. The zero-order valence-corrected chi connectivity index (χ0v) is 18.9. The Morgan fingerprint density at radius 2 is 1.96 bits per heavy atom. The molecule has 0 bridgehead atoms. The van der Waals surface area contributed by atoms with Gasteiger partial charge >= 0.3 is 0 Å². The van der Waals surface area contributed by atoms with Crippen molar-refractivity contribution < 1.29 is 22.1 Å². The van der Waals surface area contributed by atoms with E-state index in [2.05, 4.69) is 4.99 Å². The number of halogens is 1. The van der Waals surface area contributed by atoms with Crippen molar-refractivity contribution in [1.29, 1.82) is 0 Å². The topological polar surface area (TPSA) is 87.0 Å². The van der Waals surface area contributed by atoms with Crippen LogP contribution >= 0.6 is 23.1 Å². The fraction of sp³-hybridized carbons (Fsp3) is 0.444. The van der Waals surface area contributed by atoms with E-state index < -0.39 is 22.1 Å². The first-order valence-electron chi connectivity index (χ1n) is 8.36. The van der Waals surface area contributed by atoms with Crippen molar-refractivity contribution in [2.75, 3.05) is 13.4 Å². The van der Waals surface area contributed by atoms with Crippen molar-refractivity contribution in [3.05, 3.63) is 45.2 Å². The average molecular weight is 447 g/mol. The second-order valence-corrected chi connectivity index (χ2v) is 10.2. The highest BCUT2D eigenvalue weighted by Gasteiger charge is 2.22. The van der Waals surface area contributed by atoms with Crippen molar-refractivity contribution in [2.24, 2.45) is 4.99 Å². The van der Waals surface area contributed by atoms with Crippen LogP contribution < -0.4 is 9.41 Å². The molecular weight excluding hydrogens is 424 g/mol. The van der Waals surface area contributed by atoms with Gasteiger partial charge in [-0.1, -0.05) is 11.6 Å². The fourth-order valence-electron chi connectivity index (χ4n) is 2.36. The molecule has 1 unspecified atom stereocenters. The van der Waals surface area contributed by atoms with Crippen LogP contribution in [-0.4, -0.2) is 31.6 Å². The van der Waals surface area contributed by atoms with E-state index >= 15 is 0 Å². The van der Waals surface area contributed by atoms with Gasteiger partial charge in [-0.15, -0.1) is 0 Å². The highest BCUT2D eigenvalue weighted by atomic mass is 35.5. The smallest absolute Gasteiger partial charge is 0.282 e. The van der Waals surface area contributed by atoms with Crippen LogP contribution in [0, 0.1) is 0 Å². The summed E-state index contributed by atoms with van der Waals surface area (Å²) < 4.78 is 35.6. The molecule has 28 heavy (non-hydrogen) atoms. The standard InChI is InChI=1S/C18H23ClN2O5S2/c1-11(26-28(6,23)24)14-10-21(18(2,3)4)27-17(14)20-16(22)13-9-12(19)7-8-15(13)25-5/h7-11H,1-6H3/b20-17-. The van der Waals surface area contributed by atoms with Crippen molar-refractivity contribution in [1.82, 2.24) is 3.96 Å².